The second kappa shape index (κ2) is 4.85. The Kier molecular flexibility index (Phi) is 3.44. The van der Waals surface area contributed by atoms with E-state index in [4.69, 9.17) is 9.63 Å². The van der Waals surface area contributed by atoms with Gasteiger partial charge in [0.15, 0.2) is 0 Å². The molecule has 1 aromatic heterocycles. The molecule has 0 aromatic carbocycles. The van der Waals surface area contributed by atoms with Crippen molar-refractivity contribution in [1.82, 2.24) is 10.1 Å². The summed E-state index contributed by atoms with van der Waals surface area (Å²) in [5.74, 6) is 0.498. The summed E-state index contributed by atoms with van der Waals surface area (Å²) in [6, 6.07) is 1.73. The topological polar surface area (TPSA) is 78.6 Å². The summed E-state index contributed by atoms with van der Waals surface area (Å²) in [6.07, 6.45) is -0.291. The molecule has 2 heterocycles. The molecule has 6 nitrogen and oxygen atoms in total. The van der Waals surface area contributed by atoms with Crippen LogP contribution >= 0.6 is 0 Å². The first-order valence-corrected chi connectivity index (χ1v) is 5.71. The van der Waals surface area contributed by atoms with Crippen LogP contribution in [0.5, 0.6) is 0 Å². The highest BCUT2D eigenvalue weighted by atomic mass is 16.5. The number of hydrogen-bond acceptors (Lipinski definition) is 5. The van der Waals surface area contributed by atoms with Crippen molar-refractivity contribution < 1.29 is 14.4 Å². The van der Waals surface area contributed by atoms with Crippen LogP contribution in [0.4, 0.5) is 5.88 Å². The number of rotatable bonds is 4. The first kappa shape index (κ1) is 12.1. The third-order valence-corrected chi connectivity index (χ3v) is 2.69. The predicted octanol–water partition coefficient (Wildman–Crippen LogP) is 0.413. The number of aliphatic hydroxyl groups is 1. The number of amides is 1. The number of nitrogens with one attached hydrogen (secondary N) is 1. The molecule has 1 fully saturated rings. The lowest BCUT2D eigenvalue weighted by atomic mass is 10.1. The lowest BCUT2D eigenvalue weighted by molar-refractivity contribution is -0.120. The number of hydrogen-bond donors (Lipinski definition) is 2. The molecule has 2 N–H and O–H groups in total. The number of carbonyl (C=O) groups excluding carboxylic acids is 1. The molecule has 0 radical (unpaired) electrons. The fourth-order valence-corrected chi connectivity index (χ4v) is 1.67. The highest BCUT2D eigenvalue weighted by molar-refractivity contribution is 5.91. The SMILES string of the molecule is CC(C)c1cc(NC(=O)CN2CC(O)C2)on1. The van der Waals surface area contributed by atoms with E-state index < -0.39 is 0 Å². The summed E-state index contributed by atoms with van der Waals surface area (Å²) in [5, 5.41) is 15.6. The molecule has 2 rings (SSSR count). The summed E-state index contributed by atoms with van der Waals surface area (Å²) in [4.78, 5) is 13.4. The highest BCUT2D eigenvalue weighted by Crippen LogP contribution is 2.17. The van der Waals surface area contributed by atoms with E-state index in [9.17, 15) is 4.79 Å². The van der Waals surface area contributed by atoms with E-state index in [2.05, 4.69) is 10.5 Å². The normalized spacial score (nSPS) is 17.2. The Morgan fingerprint density at radius 3 is 2.94 bits per heavy atom. The maximum atomic E-state index is 11.6. The smallest absolute Gasteiger partial charge is 0.240 e. The monoisotopic (exact) mass is 239 g/mol. The molecular weight excluding hydrogens is 222 g/mol. The Labute approximate surface area is 99.6 Å². The van der Waals surface area contributed by atoms with Crippen molar-refractivity contribution in [1.29, 1.82) is 0 Å². The van der Waals surface area contributed by atoms with Crippen LogP contribution in [0.3, 0.4) is 0 Å². The number of nitrogens with zero attached hydrogens (tertiary/aromatic N) is 2. The molecule has 94 valence electrons. The quantitative estimate of drug-likeness (QED) is 0.795. The zero-order valence-corrected chi connectivity index (χ0v) is 10.0. The van der Waals surface area contributed by atoms with Crippen molar-refractivity contribution in [2.45, 2.75) is 25.9 Å². The van der Waals surface area contributed by atoms with E-state index in [-0.39, 0.29) is 24.5 Å². The van der Waals surface area contributed by atoms with Gasteiger partial charge in [-0.3, -0.25) is 15.0 Å². The van der Waals surface area contributed by atoms with Gasteiger partial charge in [-0.25, -0.2) is 0 Å². The molecule has 17 heavy (non-hydrogen) atoms. The third kappa shape index (κ3) is 3.04. The average molecular weight is 239 g/mol. The van der Waals surface area contributed by atoms with Gasteiger partial charge in [-0.15, -0.1) is 0 Å². The summed E-state index contributed by atoms with van der Waals surface area (Å²) in [5.41, 5.74) is 0.819. The van der Waals surface area contributed by atoms with Gasteiger partial charge in [0.25, 0.3) is 0 Å². The Morgan fingerprint density at radius 1 is 1.71 bits per heavy atom. The lowest BCUT2D eigenvalue weighted by Gasteiger charge is -2.34. The lowest BCUT2D eigenvalue weighted by Crippen LogP contribution is -2.53. The summed E-state index contributed by atoms with van der Waals surface area (Å²) < 4.78 is 5.00. The Morgan fingerprint density at radius 2 is 2.41 bits per heavy atom. The molecule has 0 bridgehead atoms. The maximum absolute atomic E-state index is 11.6. The minimum atomic E-state index is -0.291. The molecule has 0 unspecified atom stereocenters. The molecule has 0 aliphatic carbocycles. The molecule has 1 aliphatic rings. The van der Waals surface area contributed by atoms with E-state index in [0.717, 1.165) is 5.69 Å². The van der Waals surface area contributed by atoms with Gasteiger partial charge in [0.1, 0.15) is 0 Å². The molecular formula is C11H17N3O3. The third-order valence-electron chi connectivity index (χ3n) is 2.69. The minimum Gasteiger partial charge on any atom is -0.390 e. The Balaban J connectivity index is 1.81. The van der Waals surface area contributed by atoms with E-state index in [1.54, 1.807) is 6.07 Å². The maximum Gasteiger partial charge on any atom is 0.240 e. The van der Waals surface area contributed by atoms with Gasteiger partial charge in [-0.05, 0) is 5.92 Å². The standard InChI is InChI=1S/C11H17N3O3/c1-7(2)9-3-11(17-13-9)12-10(16)6-14-4-8(15)5-14/h3,7-8,15H,4-6H2,1-2H3,(H,12,16). The first-order valence-electron chi connectivity index (χ1n) is 5.71. The zero-order chi connectivity index (χ0) is 12.4. The van der Waals surface area contributed by atoms with Crippen LogP contribution in [0.25, 0.3) is 0 Å². The van der Waals surface area contributed by atoms with Crippen molar-refractivity contribution in [3.05, 3.63) is 11.8 Å². The molecule has 6 heteroatoms. The predicted molar refractivity (Wildman–Crippen MR) is 61.7 cm³/mol. The van der Waals surface area contributed by atoms with Crippen molar-refractivity contribution in [2.75, 3.05) is 25.0 Å². The molecule has 0 spiro atoms. The van der Waals surface area contributed by atoms with Crippen LogP contribution in [0.15, 0.2) is 10.6 Å². The number of β-amino-alcohol motifs (C(OH)–C–C–N with tert-alkyl or cyclic N) is 1. The number of likely N-dealkylation sites (tertiary alicyclic amines) is 1. The van der Waals surface area contributed by atoms with Gasteiger partial charge in [0.2, 0.25) is 11.8 Å². The van der Waals surface area contributed by atoms with E-state index >= 15 is 0 Å². The summed E-state index contributed by atoms with van der Waals surface area (Å²) >= 11 is 0. The minimum absolute atomic E-state index is 0.150. The van der Waals surface area contributed by atoms with Crippen LogP contribution < -0.4 is 5.32 Å². The van der Waals surface area contributed by atoms with Crippen LogP contribution in [0.2, 0.25) is 0 Å². The van der Waals surface area contributed by atoms with Crippen molar-refractivity contribution in [3.8, 4) is 0 Å². The summed E-state index contributed by atoms with van der Waals surface area (Å²) in [6.45, 7) is 5.40. The van der Waals surface area contributed by atoms with E-state index in [1.165, 1.54) is 0 Å². The van der Waals surface area contributed by atoms with Crippen LogP contribution in [0.1, 0.15) is 25.5 Å². The van der Waals surface area contributed by atoms with E-state index in [1.807, 2.05) is 18.7 Å². The average Bonchev–Trinajstić information content (AvgIpc) is 2.63. The number of aromatic nitrogens is 1. The van der Waals surface area contributed by atoms with Gasteiger partial charge in [0, 0.05) is 19.2 Å². The van der Waals surface area contributed by atoms with Crippen molar-refractivity contribution >= 4 is 11.8 Å². The fourth-order valence-electron chi connectivity index (χ4n) is 1.67. The van der Waals surface area contributed by atoms with Crippen molar-refractivity contribution in [3.63, 3.8) is 0 Å². The van der Waals surface area contributed by atoms with Gasteiger partial charge >= 0.3 is 0 Å². The molecule has 1 aliphatic heterocycles. The van der Waals surface area contributed by atoms with Gasteiger partial charge in [-0.1, -0.05) is 19.0 Å². The molecule has 1 amide bonds. The van der Waals surface area contributed by atoms with Gasteiger partial charge < -0.3 is 9.63 Å². The fraction of sp³-hybridized carbons (Fsp3) is 0.636. The number of anilines is 1. The van der Waals surface area contributed by atoms with Crippen LogP contribution in [-0.2, 0) is 4.79 Å². The molecule has 1 saturated heterocycles. The van der Waals surface area contributed by atoms with Crippen molar-refractivity contribution in [2.24, 2.45) is 0 Å². The van der Waals surface area contributed by atoms with Gasteiger partial charge in [-0.2, -0.15) is 0 Å². The van der Waals surface area contributed by atoms with Crippen LogP contribution in [-0.4, -0.2) is 46.8 Å². The van der Waals surface area contributed by atoms with E-state index in [0.29, 0.717) is 19.0 Å². The second-order valence-corrected chi connectivity index (χ2v) is 4.67. The Bertz CT molecular complexity index is 396. The molecule has 0 atom stereocenters. The second-order valence-electron chi connectivity index (χ2n) is 4.67. The highest BCUT2D eigenvalue weighted by Gasteiger charge is 2.26. The number of carbonyl (C=O) groups is 1. The first-order chi connectivity index (χ1) is 8.04. The number of aliphatic hydroxyl groups excluding tert-OH is 1. The Hall–Kier alpha value is -1.40. The molecule has 1 aromatic rings. The summed E-state index contributed by atoms with van der Waals surface area (Å²) in [7, 11) is 0. The zero-order valence-electron chi connectivity index (χ0n) is 10.0. The molecule has 0 saturated carbocycles. The van der Waals surface area contributed by atoms with Crippen LogP contribution in [0, 0.1) is 0 Å². The van der Waals surface area contributed by atoms with Gasteiger partial charge in [0.05, 0.1) is 18.3 Å². The largest absolute Gasteiger partial charge is 0.390 e.